The van der Waals surface area contributed by atoms with E-state index in [1.54, 1.807) is 0 Å². The second-order valence-corrected chi connectivity index (χ2v) is 8.69. The maximum atomic E-state index is 13.0. The summed E-state index contributed by atoms with van der Waals surface area (Å²) in [6.07, 6.45) is 6.77. The van der Waals surface area contributed by atoms with Gasteiger partial charge in [-0.3, -0.25) is 9.59 Å². The van der Waals surface area contributed by atoms with Gasteiger partial charge in [0, 0.05) is 18.8 Å². The number of quaternary nitrogens is 1. The fourth-order valence-corrected chi connectivity index (χ4v) is 5.07. The second kappa shape index (κ2) is 6.32. The van der Waals surface area contributed by atoms with Crippen molar-refractivity contribution in [3.8, 4) is 0 Å². The van der Waals surface area contributed by atoms with Crippen LogP contribution in [0.15, 0.2) is 0 Å². The largest absolute Gasteiger partial charge is 0.469 e. The molecule has 4 aliphatic rings. The Morgan fingerprint density at radius 2 is 1.38 bits per heavy atom. The molecule has 0 aromatic heterocycles. The first kappa shape index (κ1) is 17.7. The van der Waals surface area contributed by atoms with Crippen molar-refractivity contribution in [2.24, 2.45) is 16.7 Å². The first-order valence-electron chi connectivity index (χ1n) is 9.47. The smallest absolute Gasteiger partial charge is 0.312 e. The van der Waals surface area contributed by atoms with Crippen molar-refractivity contribution in [1.29, 1.82) is 0 Å². The van der Waals surface area contributed by atoms with Crippen molar-refractivity contribution in [3.05, 3.63) is 0 Å². The van der Waals surface area contributed by atoms with Crippen LogP contribution in [0.1, 0.15) is 65.2 Å². The van der Waals surface area contributed by atoms with Crippen LogP contribution in [0.25, 0.3) is 0 Å². The molecule has 3 saturated carbocycles. The minimum absolute atomic E-state index is 0.0276. The standard InChI is InChI=1S/C19H31NO4/c1-17(2,14-4-12-20-13-5-14)24-16(22)19-9-6-18(7-10-19,8-11-19)15(21)23-3/h14,20H,4-13H2,1-3H3/p+1. The fraction of sp³-hybridized carbons (Fsp3) is 0.895. The van der Waals surface area contributed by atoms with Gasteiger partial charge in [0.25, 0.3) is 0 Å². The summed E-state index contributed by atoms with van der Waals surface area (Å²) in [6, 6.07) is 0. The van der Waals surface area contributed by atoms with Crippen molar-refractivity contribution in [3.63, 3.8) is 0 Å². The molecule has 0 unspecified atom stereocenters. The number of hydrogen-bond donors (Lipinski definition) is 1. The summed E-state index contributed by atoms with van der Waals surface area (Å²) in [4.78, 5) is 25.1. The Kier molecular flexibility index (Phi) is 4.67. The SMILES string of the molecule is COC(=O)C12CCC(C(=O)OC(C)(C)C3CC[NH2+]CC3)(CC1)CC2. The molecule has 3 aliphatic carbocycles. The van der Waals surface area contributed by atoms with Gasteiger partial charge in [-0.25, -0.2) is 0 Å². The number of carbonyl (C=O) groups is 2. The Hall–Kier alpha value is -1.10. The molecule has 2 N–H and O–H groups in total. The predicted octanol–water partition coefficient (Wildman–Crippen LogP) is 1.80. The van der Waals surface area contributed by atoms with E-state index in [1.807, 2.05) is 0 Å². The molecule has 2 bridgehead atoms. The molecule has 4 fully saturated rings. The highest BCUT2D eigenvalue weighted by atomic mass is 16.6. The summed E-state index contributed by atoms with van der Waals surface area (Å²) in [6.45, 7) is 6.39. The molecule has 5 heteroatoms. The predicted molar refractivity (Wildman–Crippen MR) is 89.1 cm³/mol. The normalized spacial score (nSPS) is 34.0. The van der Waals surface area contributed by atoms with Crippen molar-refractivity contribution < 1.29 is 24.4 Å². The van der Waals surface area contributed by atoms with Crippen molar-refractivity contribution >= 4 is 11.9 Å². The topological polar surface area (TPSA) is 69.2 Å². The Balaban J connectivity index is 1.65. The first-order valence-corrected chi connectivity index (χ1v) is 9.47. The molecule has 1 aliphatic heterocycles. The van der Waals surface area contributed by atoms with Crippen LogP contribution in [0.4, 0.5) is 0 Å². The minimum atomic E-state index is -0.394. The molecule has 1 heterocycles. The van der Waals surface area contributed by atoms with Gasteiger partial charge in [-0.15, -0.1) is 0 Å². The first-order chi connectivity index (χ1) is 11.3. The summed E-state index contributed by atoms with van der Waals surface area (Å²) >= 11 is 0. The van der Waals surface area contributed by atoms with Crippen LogP contribution < -0.4 is 5.32 Å². The molecule has 0 aromatic rings. The third-order valence-corrected chi connectivity index (χ3v) is 7.08. The minimum Gasteiger partial charge on any atom is -0.469 e. The number of ether oxygens (including phenoxy) is 2. The molecule has 0 amide bonds. The van der Waals surface area contributed by atoms with Gasteiger partial charge in [-0.2, -0.15) is 0 Å². The molecule has 1 saturated heterocycles. The van der Waals surface area contributed by atoms with E-state index in [4.69, 9.17) is 9.47 Å². The zero-order chi connectivity index (χ0) is 17.4. The van der Waals surface area contributed by atoms with Gasteiger partial charge in [0.05, 0.1) is 31.0 Å². The number of fused-ring (bicyclic) bond motifs is 3. The second-order valence-electron chi connectivity index (χ2n) is 8.69. The molecule has 4 rings (SSSR count). The average Bonchev–Trinajstić information content (AvgIpc) is 2.63. The van der Waals surface area contributed by atoms with Crippen LogP contribution in [0, 0.1) is 16.7 Å². The van der Waals surface area contributed by atoms with E-state index in [0.29, 0.717) is 5.92 Å². The summed E-state index contributed by atoms with van der Waals surface area (Å²) < 4.78 is 11.1. The van der Waals surface area contributed by atoms with Crippen molar-refractivity contribution in [1.82, 2.24) is 0 Å². The lowest BCUT2D eigenvalue weighted by atomic mass is 9.53. The van der Waals surface area contributed by atoms with E-state index < -0.39 is 5.60 Å². The van der Waals surface area contributed by atoms with Gasteiger partial charge in [0.2, 0.25) is 0 Å². The number of rotatable bonds is 4. The molecule has 0 radical (unpaired) electrons. The molecule has 24 heavy (non-hydrogen) atoms. The summed E-state index contributed by atoms with van der Waals surface area (Å²) in [5, 5.41) is 2.34. The Morgan fingerprint density at radius 1 is 0.917 bits per heavy atom. The Morgan fingerprint density at radius 3 is 1.83 bits per heavy atom. The summed E-state index contributed by atoms with van der Waals surface area (Å²) in [5.41, 5.74) is -1.10. The average molecular weight is 338 g/mol. The number of nitrogens with two attached hydrogens (primary N) is 1. The van der Waals surface area contributed by atoms with Gasteiger partial charge >= 0.3 is 11.9 Å². The number of carbonyl (C=O) groups excluding carboxylic acids is 2. The number of methoxy groups -OCH3 is 1. The zero-order valence-electron chi connectivity index (χ0n) is 15.4. The van der Waals surface area contributed by atoms with E-state index in [-0.39, 0.29) is 22.8 Å². The van der Waals surface area contributed by atoms with E-state index >= 15 is 0 Å². The molecular formula is C19H32NO4+. The lowest BCUT2D eigenvalue weighted by Gasteiger charge is -2.51. The molecule has 0 aromatic carbocycles. The molecule has 5 nitrogen and oxygen atoms in total. The maximum Gasteiger partial charge on any atom is 0.312 e. The highest BCUT2D eigenvalue weighted by Gasteiger charge is 2.57. The molecular weight excluding hydrogens is 306 g/mol. The van der Waals surface area contributed by atoms with E-state index in [9.17, 15) is 9.59 Å². The molecule has 0 atom stereocenters. The van der Waals surface area contributed by atoms with Gasteiger partial charge in [0.15, 0.2) is 0 Å². The molecule has 0 spiro atoms. The summed E-state index contributed by atoms with van der Waals surface area (Å²) in [7, 11) is 1.46. The fourth-order valence-electron chi connectivity index (χ4n) is 5.07. The summed E-state index contributed by atoms with van der Waals surface area (Å²) in [5.74, 6) is 0.326. The van der Waals surface area contributed by atoms with Crippen LogP contribution in [-0.2, 0) is 19.1 Å². The molecule has 136 valence electrons. The Bertz CT molecular complexity index is 483. The number of esters is 2. The van der Waals surface area contributed by atoms with Crippen molar-refractivity contribution in [2.75, 3.05) is 20.2 Å². The third kappa shape index (κ3) is 2.96. The lowest BCUT2D eigenvalue weighted by molar-refractivity contribution is -0.665. The van der Waals surface area contributed by atoms with Gasteiger partial charge in [-0.05, 0) is 52.4 Å². The lowest BCUT2D eigenvalue weighted by Crippen LogP contribution is -2.86. The van der Waals surface area contributed by atoms with Crippen LogP contribution in [-0.4, -0.2) is 37.7 Å². The highest BCUT2D eigenvalue weighted by Crippen LogP contribution is 2.58. The van der Waals surface area contributed by atoms with Gasteiger partial charge < -0.3 is 14.8 Å². The van der Waals surface area contributed by atoms with Crippen molar-refractivity contribution in [2.45, 2.75) is 70.8 Å². The van der Waals surface area contributed by atoms with Crippen LogP contribution in [0.3, 0.4) is 0 Å². The monoisotopic (exact) mass is 338 g/mol. The zero-order valence-corrected chi connectivity index (χ0v) is 15.4. The maximum absolute atomic E-state index is 13.0. The van der Waals surface area contributed by atoms with E-state index in [0.717, 1.165) is 64.5 Å². The third-order valence-electron chi connectivity index (χ3n) is 7.08. The van der Waals surface area contributed by atoms with E-state index in [2.05, 4.69) is 19.2 Å². The number of piperidine rings is 1. The highest BCUT2D eigenvalue weighted by molar-refractivity contribution is 5.81. The number of hydrogen-bond acceptors (Lipinski definition) is 4. The van der Waals surface area contributed by atoms with Crippen LogP contribution in [0.5, 0.6) is 0 Å². The van der Waals surface area contributed by atoms with Gasteiger partial charge in [0.1, 0.15) is 5.60 Å². The van der Waals surface area contributed by atoms with Crippen LogP contribution in [0.2, 0.25) is 0 Å². The van der Waals surface area contributed by atoms with Crippen LogP contribution >= 0.6 is 0 Å². The van der Waals surface area contributed by atoms with E-state index in [1.165, 1.54) is 7.11 Å². The van der Waals surface area contributed by atoms with Gasteiger partial charge in [-0.1, -0.05) is 0 Å². The quantitative estimate of drug-likeness (QED) is 0.794. The Labute approximate surface area is 144 Å².